The minimum Gasteiger partial charge on any atom is -0.481 e. The van der Waals surface area contributed by atoms with Crippen LogP contribution in [0.4, 0.5) is 5.00 Å². The lowest BCUT2D eigenvalue weighted by Gasteiger charge is -2.16. The number of nitriles is 1. The van der Waals surface area contributed by atoms with Crippen molar-refractivity contribution in [3.05, 3.63) is 44.8 Å². The highest BCUT2D eigenvalue weighted by Gasteiger charge is 2.23. The van der Waals surface area contributed by atoms with E-state index in [9.17, 15) is 10.1 Å². The van der Waals surface area contributed by atoms with Crippen LogP contribution in [-0.4, -0.2) is 12.0 Å². The van der Waals surface area contributed by atoms with Crippen molar-refractivity contribution in [3.63, 3.8) is 0 Å². The molecule has 4 nitrogen and oxygen atoms in total. The minimum absolute atomic E-state index is 0.255. The average Bonchev–Trinajstić information content (AvgIpc) is 2.92. The molecule has 0 radical (unpaired) electrons. The summed E-state index contributed by atoms with van der Waals surface area (Å²) in [6.07, 6.45) is 5.89. The van der Waals surface area contributed by atoms with Crippen molar-refractivity contribution in [3.8, 4) is 11.8 Å². The molecule has 6 heteroatoms. The van der Waals surface area contributed by atoms with Crippen molar-refractivity contribution in [2.75, 3.05) is 5.32 Å². The second kappa shape index (κ2) is 8.77. The van der Waals surface area contributed by atoms with Gasteiger partial charge in [0.05, 0.1) is 5.56 Å². The Kier molecular flexibility index (Phi) is 6.41. The molecule has 0 spiro atoms. The van der Waals surface area contributed by atoms with E-state index in [-0.39, 0.29) is 5.91 Å². The number of thiophene rings is 1. The van der Waals surface area contributed by atoms with Crippen LogP contribution in [0.1, 0.15) is 54.2 Å². The van der Waals surface area contributed by atoms with Crippen LogP contribution in [-0.2, 0) is 17.6 Å². The maximum Gasteiger partial charge on any atom is 0.265 e. The summed E-state index contributed by atoms with van der Waals surface area (Å²) in [6.45, 7) is 3.60. The zero-order chi connectivity index (χ0) is 19.4. The van der Waals surface area contributed by atoms with Gasteiger partial charge in [-0.05, 0) is 68.9 Å². The van der Waals surface area contributed by atoms with Crippen LogP contribution >= 0.6 is 22.9 Å². The second-order valence-corrected chi connectivity index (χ2v) is 8.43. The van der Waals surface area contributed by atoms with Crippen molar-refractivity contribution in [1.29, 1.82) is 5.26 Å². The second-order valence-electron chi connectivity index (χ2n) is 6.89. The highest BCUT2D eigenvalue weighted by molar-refractivity contribution is 7.16. The van der Waals surface area contributed by atoms with Crippen LogP contribution in [0.25, 0.3) is 0 Å². The van der Waals surface area contributed by atoms with E-state index < -0.39 is 6.10 Å². The van der Waals surface area contributed by atoms with Crippen LogP contribution in [0.15, 0.2) is 18.2 Å². The summed E-state index contributed by atoms with van der Waals surface area (Å²) in [5.41, 5.74) is 2.62. The Morgan fingerprint density at radius 1 is 1.30 bits per heavy atom. The number of amides is 1. The summed E-state index contributed by atoms with van der Waals surface area (Å²) < 4.78 is 5.80. The van der Waals surface area contributed by atoms with E-state index in [1.807, 2.05) is 6.92 Å². The molecule has 0 saturated carbocycles. The molecule has 27 heavy (non-hydrogen) atoms. The van der Waals surface area contributed by atoms with E-state index in [4.69, 9.17) is 16.3 Å². The van der Waals surface area contributed by atoms with Gasteiger partial charge in [-0.25, -0.2) is 0 Å². The smallest absolute Gasteiger partial charge is 0.265 e. The monoisotopic (exact) mass is 402 g/mol. The molecular formula is C21H23ClN2O2S. The van der Waals surface area contributed by atoms with Crippen molar-refractivity contribution < 1.29 is 9.53 Å². The average molecular weight is 403 g/mol. The van der Waals surface area contributed by atoms with Crippen LogP contribution in [0, 0.1) is 18.3 Å². The lowest BCUT2D eigenvalue weighted by molar-refractivity contribution is -0.122. The third-order valence-corrected chi connectivity index (χ3v) is 6.27. The van der Waals surface area contributed by atoms with Gasteiger partial charge in [0.25, 0.3) is 5.91 Å². The number of fused-ring (bicyclic) bond motifs is 1. The normalized spacial score (nSPS) is 15.0. The fraction of sp³-hybridized carbons (Fsp3) is 0.429. The Morgan fingerprint density at radius 3 is 2.74 bits per heavy atom. The van der Waals surface area contributed by atoms with Gasteiger partial charge < -0.3 is 10.1 Å². The molecule has 1 aromatic carbocycles. The van der Waals surface area contributed by atoms with Crippen molar-refractivity contribution in [2.45, 2.75) is 58.5 Å². The summed E-state index contributed by atoms with van der Waals surface area (Å²) >= 11 is 7.50. The van der Waals surface area contributed by atoms with E-state index in [1.165, 1.54) is 29.1 Å². The number of nitrogens with zero attached hydrogens (tertiary/aromatic N) is 1. The number of aryl methyl sites for hydroxylation is 2. The fourth-order valence-electron chi connectivity index (χ4n) is 3.33. The van der Waals surface area contributed by atoms with Crippen LogP contribution in [0.3, 0.4) is 0 Å². The maximum absolute atomic E-state index is 12.6. The van der Waals surface area contributed by atoms with Crippen LogP contribution in [0.5, 0.6) is 5.75 Å². The van der Waals surface area contributed by atoms with Gasteiger partial charge in [0.1, 0.15) is 16.8 Å². The molecule has 1 amide bonds. The molecule has 3 rings (SSSR count). The van der Waals surface area contributed by atoms with Gasteiger partial charge in [-0.1, -0.05) is 24.4 Å². The fourth-order valence-corrected chi connectivity index (χ4v) is 4.80. The predicted molar refractivity (Wildman–Crippen MR) is 110 cm³/mol. The standard InChI is InChI=1S/C21H23ClN2O2S/c1-13-11-15(22)9-10-18(13)26-14(2)20(25)24-21-17(12-23)16-7-5-3-4-6-8-19(16)27-21/h9-11,14H,3-8H2,1-2H3,(H,24,25). The molecule has 1 heterocycles. The van der Waals surface area contributed by atoms with Crippen LogP contribution < -0.4 is 10.1 Å². The van der Waals surface area contributed by atoms with Gasteiger partial charge in [0.2, 0.25) is 0 Å². The van der Waals surface area contributed by atoms with E-state index in [1.54, 1.807) is 25.1 Å². The number of carbonyl (C=O) groups is 1. The number of ether oxygens (including phenoxy) is 1. The summed E-state index contributed by atoms with van der Waals surface area (Å²) in [7, 11) is 0. The van der Waals surface area contributed by atoms with Crippen LogP contribution in [0.2, 0.25) is 5.02 Å². The number of halogens is 1. The molecule has 0 aliphatic heterocycles. The first-order valence-corrected chi connectivity index (χ1v) is 10.5. The first-order valence-electron chi connectivity index (χ1n) is 9.28. The van der Waals surface area contributed by atoms with Gasteiger partial charge in [0, 0.05) is 9.90 Å². The van der Waals surface area contributed by atoms with Gasteiger partial charge >= 0.3 is 0 Å². The summed E-state index contributed by atoms with van der Waals surface area (Å²) in [5, 5.41) is 13.8. The van der Waals surface area contributed by atoms with Crippen molar-refractivity contribution in [1.82, 2.24) is 0 Å². The highest BCUT2D eigenvalue weighted by atomic mass is 35.5. The molecule has 1 aromatic heterocycles. The topological polar surface area (TPSA) is 62.1 Å². The number of carbonyl (C=O) groups excluding carboxylic acids is 1. The van der Waals surface area contributed by atoms with Gasteiger partial charge in [-0.15, -0.1) is 11.3 Å². The lowest BCUT2D eigenvalue weighted by atomic mass is 9.97. The van der Waals surface area contributed by atoms with E-state index in [0.29, 0.717) is 21.3 Å². The molecule has 0 fully saturated rings. The van der Waals surface area contributed by atoms with Crippen molar-refractivity contribution in [2.24, 2.45) is 0 Å². The molecular weight excluding hydrogens is 380 g/mol. The molecule has 0 saturated heterocycles. The molecule has 1 atom stereocenters. The molecule has 2 aromatic rings. The summed E-state index contributed by atoms with van der Waals surface area (Å²) in [4.78, 5) is 13.9. The van der Waals surface area contributed by atoms with Gasteiger partial charge in [0.15, 0.2) is 6.10 Å². The number of hydrogen-bond donors (Lipinski definition) is 1. The number of benzene rings is 1. The first-order chi connectivity index (χ1) is 13.0. The van der Waals surface area contributed by atoms with Crippen molar-refractivity contribution >= 4 is 33.8 Å². The van der Waals surface area contributed by atoms with E-state index in [2.05, 4.69) is 11.4 Å². The maximum atomic E-state index is 12.6. The predicted octanol–water partition coefficient (Wildman–Crippen LogP) is 5.65. The Hall–Kier alpha value is -2.03. The summed E-state index contributed by atoms with van der Waals surface area (Å²) in [5.74, 6) is 0.371. The lowest BCUT2D eigenvalue weighted by Crippen LogP contribution is -2.30. The SMILES string of the molecule is Cc1cc(Cl)ccc1OC(C)C(=O)Nc1sc2c(c1C#N)CCCCCC2. The third kappa shape index (κ3) is 4.63. The number of nitrogens with one attached hydrogen (secondary N) is 1. The van der Waals surface area contributed by atoms with E-state index >= 15 is 0 Å². The molecule has 1 aliphatic carbocycles. The zero-order valence-corrected chi connectivity index (χ0v) is 17.2. The Bertz CT molecular complexity index is 885. The minimum atomic E-state index is -0.680. The Morgan fingerprint density at radius 2 is 2.04 bits per heavy atom. The molecule has 142 valence electrons. The van der Waals surface area contributed by atoms with E-state index in [0.717, 1.165) is 36.8 Å². The largest absolute Gasteiger partial charge is 0.481 e. The van der Waals surface area contributed by atoms with Gasteiger partial charge in [-0.2, -0.15) is 5.26 Å². The highest BCUT2D eigenvalue weighted by Crippen LogP contribution is 2.36. The summed E-state index contributed by atoms with van der Waals surface area (Å²) in [6, 6.07) is 7.60. The number of rotatable bonds is 4. The Balaban J connectivity index is 1.75. The van der Waals surface area contributed by atoms with Gasteiger partial charge in [-0.3, -0.25) is 4.79 Å². The molecule has 1 N–H and O–H groups in total. The number of anilines is 1. The number of hydrogen-bond acceptors (Lipinski definition) is 4. The zero-order valence-electron chi connectivity index (χ0n) is 15.6. The molecule has 1 aliphatic rings. The Labute approximate surface area is 169 Å². The first kappa shape index (κ1) is 19.7. The molecule has 0 bridgehead atoms. The third-order valence-electron chi connectivity index (χ3n) is 4.83. The molecule has 1 unspecified atom stereocenters. The quantitative estimate of drug-likeness (QED) is 0.719.